The maximum atomic E-state index is 12.7. The predicted molar refractivity (Wildman–Crippen MR) is 115 cm³/mol. The number of hydrogen-bond donors (Lipinski definition) is 2. The summed E-state index contributed by atoms with van der Waals surface area (Å²) in [6.45, 7) is 0. The smallest absolute Gasteiger partial charge is 0.288 e. The van der Waals surface area contributed by atoms with Crippen LogP contribution in [0.2, 0.25) is 20.1 Å². The summed E-state index contributed by atoms with van der Waals surface area (Å²) < 4.78 is 1.52. The Kier molecular flexibility index (Phi) is 4.67. The third-order valence-corrected chi connectivity index (χ3v) is 5.82. The molecule has 1 aliphatic heterocycles. The van der Waals surface area contributed by atoms with Crippen LogP contribution < -0.4 is 10.9 Å². The number of anilines is 2. The van der Waals surface area contributed by atoms with Crippen molar-refractivity contribution in [2.24, 2.45) is 0 Å². The van der Waals surface area contributed by atoms with E-state index in [-0.39, 0.29) is 11.6 Å². The lowest BCUT2D eigenvalue weighted by Crippen LogP contribution is -2.29. The Bertz CT molecular complexity index is 1370. The lowest BCUT2D eigenvalue weighted by atomic mass is 9.92. The normalized spacial score (nSPS) is 14.7. The van der Waals surface area contributed by atoms with Crippen molar-refractivity contribution in [1.29, 1.82) is 0 Å². The van der Waals surface area contributed by atoms with Crippen LogP contribution in [0, 0.1) is 0 Å². The van der Waals surface area contributed by atoms with E-state index in [1.165, 1.54) is 4.68 Å². The van der Waals surface area contributed by atoms with Gasteiger partial charge in [-0.05, 0) is 40.8 Å². The molecular formula is C18H9Cl4N7O. The molecular weight excluding hydrogens is 472 g/mol. The van der Waals surface area contributed by atoms with Crippen LogP contribution in [-0.2, 0) is 0 Å². The van der Waals surface area contributed by atoms with Gasteiger partial charge in [-0.2, -0.15) is 9.78 Å². The van der Waals surface area contributed by atoms with Gasteiger partial charge in [-0.25, -0.2) is 5.10 Å². The number of benzene rings is 2. The van der Waals surface area contributed by atoms with E-state index in [2.05, 4.69) is 31.0 Å². The third-order valence-electron chi connectivity index (χ3n) is 4.71. The van der Waals surface area contributed by atoms with Gasteiger partial charge in [-0.3, -0.25) is 4.79 Å². The molecule has 0 radical (unpaired) electrons. The van der Waals surface area contributed by atoms with Gasteiger partial charge in [-0.1, -0.05) is 57.6 Å². The number of rotatable bonds is 2. The molecule has 30 heavy (non-hydrogen) atoms. The lowest BCUT2D eigenvalue weighted by molar-refractivity contribution is 0.567. The molecule has 0 spiro atoms. The van der Waals surface area contributed by atoms with Crippen molar-refractivity contribution in [2.45, 2.75) is 6.04 Å². The van der Waals surface area contributed by atoms with E-state index < -0.39 is 11.6 Å². The van der Waals surface area contributed by atoms with E-state index >= 15 is 0 Å². The van der Waals surface area contributed by atoms with Crippen LogP contribution in [0.3, 0.4) is 0 Å². The number of H-pyrrole nitrogens is 1. The number of fused-ring (bicyclic) bond motifs is 2. The molecule has 0 aliphatic carbocycles. The molecule has 0 unspecified atom stereocenters. The second-order valence-electron chi connectivity index (χ2n) is 6.45. The number of aromatic nitrogens is 6. The van der Waals surface area contributed by atoms with Crippen molar-refractivity contribution in [1.82, 2.24) is 30.4 Å². The first-order chi connectivity index (χ1) is 14.4. The first-order valence-corrected chi connectivity index (χ1v) is 10.0. The minimum absolute atomic E-state index is 0.240. The summed E-state index contributed by atoms with van der Waals surface area (Å²) in [5.74, 6) is 0.281. The number of tetrazole rings is 1. The Morgan fingerprint density at radius 2 is 1.70 bits per heavy atom. The number of hydrogen-bond acceptors (Lipinski definition) is 6. The van der Waals surface area contributed by atoms with Crippen LogP contribution in [0.15, 0.2) is 41.2 Å². The Labute approximate surface area is 188 Å². The summed E-state index contributed by atoms with van der Waals surface area (Å²) >= 11 is 25.1. The molecule has 8 nitrogen and oxygen atoms in total. The summed E-state index contributed by atoms with van der Waals surface area (Å²) in [4.78, 5) is 12.7. The zero-order valence-electron chi connectivity index (χ0n) is 14.7. The summed E-state index contributed by atoms with van der Waals surface area (Å²) in [5.41, 5.74) is 1.94. The molecule has 0 bridgehead atoms. The highest BCUT2D eigenvalue weighted by molar-refractivity contribution is 6.36. The number of nitrogens with one attached hydrogen (secondary N) is 2. The molecule has 4 aromatic rings. The average molecular weight is 481 g/mol. The fraction of sp³-hybridized carbons (Fsp3) is 0.0556. The number of aromatic amines is 1. The number of halogens is 4. The Morgan fingerprint density at radius 1 is 0.967 bits per heavy atom. The van der Waals surface area contributed by atoms with Crippen LogP contribution in [-0.4, -0.2) is 30.4 Å². The summed E-state index contributed by atoms with van der Waals surface area (Å²) in [5, 5.41) is 23.2. The van der Waals surface area contributed by atoms with Gasteiger partial charge in [0, 0.05) is 31.8 Å². The first-order valence-electron chi connectivity index (χ1n) is 8.52. The second kappa shape index (κ2) is 7.24. The maximum absolute atomic E-state index is 12.7. The van der Waals surface area contributed by atoms with Gasteiger partial charge < -0.3 is 5.32 Å². The highest BCUT2D eigenvalue weighted by atomic mass is 35.5. The Hall–Kier alpha value is -2.65. The fourth-order valence-corrected chi connectivity index (χ4v) is 4.44. The van der Waals surface area contributed by atoms with Crippen LogP contribution in [0.4, 0.5) is 11.6 Å². The molecule has 1 aliphatic rings. The molecule has 3 heterocycles. The fourth-order valence-electron chi connectivity index (χ4n) is 3.44. The summed E-state index contributed by atoms with van der Waals surface area (Å²) in [6.07, 6.45) is 0. The molecule has 1 atom stereocenters. The predicted octanol–water partition coefficient (Wildman–Crippen LogP) is 4.73. The monoisotopic (exact) mass is 479 g/mol. The molecule has 0 fully saturated rings. The van der Waals surface area contributed by atoms with E-state index in [1.54, 1.807) is 36.4 Å². The zero-order valence-corrected chi connectivity index (χ0v) is 17.7. The van der Waals surface area contributed by atoms with Crippen molar-refractivity contribution in [3.05, 3.63) is 78.0 Å². The van der Waals surface area contributed by atoms with Crippen LogP contribution >= 0.6 is 46.4 Å². The zero-order chi connectivity index (χ0) is 21.0. The molecule has 0 amide bonds. The van der Waals surface area contributed by atoms with Gasteiger partial charge in [-0.15, -0.1) is 0 Å². The van der Waals surface area contributed by atoms with E-state index in [9.17, 15) is 4.79 Å². The molecule has 5 rings (SSSR count). The largest absolute Gasteiger partial charge is 0.318 e. The van der Waals surface area contributed by atoms with Crippen molar-refractivity contribution in [3.8, 4) is 11.3 Å². The van der Waals surface area contributed by atoms with Crippen molar-refractivity contribution < 1.29 is 0 Å². The molecule has 12 heteroatoms. The van der Waals surface area contributed by atoms with Gasteiger partial charge in [0.25, 0.3) is 5.56 Å². The minimum Gasteiger partial charge on any atom is -0.318 e. The van der Waals surface area contributed by atoms with E-state index in [0.29, 0.717) is 42.5 Å². The highest BCUT2D eigenvalue weighted by Crippen LogP contribution is 2.44. The lowest BCUT2D eigenvalue weighted by Gasteiger charge is -2.28. The van der Waals surface area contributed by atoms with Crippen molar-refractivity contribution in [2.75, 3.05) is 5.32 Å². The van der Waals surface area contributed by atoms with E-state index in [0.717, 1.165) is 0 Å². The first kappa shape index (κ1) is 19.3. The molecule has 2 N–H and O–H groups in total. The minimum atomic E-state index is -0.660. The van der Waals surface area contributed by atoms with Gasteiger partial charge >= 0.3 is 0 Å². The standard InChI is InChI=1S/C18H9Cl4N7O/c19-7-1-3-9(11(21)5-7)14-13-15(17(30)25-24-14)23-18-26-27-28-29(18)16(13)10-4-2-8(20)6-12(10)22/h1-6,16H,(H,25,30)(H,23,26,28)/t16-/m0/s1. The van der Waals surface area contributed by atoms with Crippen LogP contribution in [0.25, 0.3) is 11.3 Å². The quantitative estimate of drug-likeness (QED) is 0.378. The van der Waals surface area contributed by atoms with E-state index in [1.807, 2.05) is 0 Å². The molecule has 2 aromatic heterocycles. The van der Waals surface area contributed by atoms with Crippen LogP contribution in [0.5, 0.6) is 0 Å². The van der Waals surface area contributed by atoms with Gasteiger partial charge in [0.05, 0.1) is 5.02 Å². The topological polar surface area (TPSA) is 101 Å². The molecule has 0 saturated carbocycles. The Balaban J connectivity index is 1.85. The van der Waals surface area contributed by atoms with Gasteiger partial charge in [0.1, 0.15) is 17.4 Å². The third kappa shape index (κ3) is 3.04. The number of nitrogens with zero attached hydrogens (tertiary/aromatic N) is 5. The molecule has 150 valence electrons. The SMILES string of the molecule is O=c1[nH]nc(-c2ccc(Cl)cc2Cl)c2c1Nc1nnnn1[C@H]2c1ccc(Cl)cc1Cl. The highest BCUT2D eigenvalue weighted by Gasteiger charge is 2.35. The Morgan fingerprint density at radius 3 is 2.43 bits per heavy atom. The van der Waals surface area contributed by atoms with Crippen molar-refractivity contribution >= 4 is 58.0 Å². The van der Waals surface area contributed by atoms with Crippen LogP contribution in [0.1, 0.15) is 17.2 Å². The molecule has 0 saturated heterocycles. The summed E-state index contributed by atoms with van der Waals surface area (Å²) in [7, 11) is 0. The summed E-state index contributed by atoms with van der Waals surface area (Å²) in [6, 6.07) is 9.41. The van der Waals surface area contributed by atoms with Gasteiger partial charge in [0.2, 0.25) is 5.95 Å². The maximum Gasteiger partial charge on any atom is 0.288 e. The van der Waals surface area contributed by atoms with E-state index in [4.69, 9.17) is 46.4 Å². The average Bonchev–Trinajstić information content (AvgIpc) is 3.17. The van der Waals surface area contributed by atoms with Crippen molar-refractivity contribution in [3.63, 3.8) is 0 Å². The van der Waals surface area contributed by atoms with Gasteiger partial charge in [0.15, 0.2) is 0 Å². The molecule has 2 aromatic carbocycles. The second-order valence-corrected chi connectivity index (χ2v) is 8.14.